The first-order valence-electron chi connectivity index (χ1n) is 7.55. The average Bonchev–Trinajstić information content (AvgIpc) is 2.96. The molecule has 1 aromatic heterocycles. The van der Waals surface area contributed by atoms with Crippen LogP contribution >= 0.6 is 0 Å². The van der Waals surface area contributed by atoms with Gasteiger partial charge in [0.05, 0.1) is 19.8 Å². The molecule has 2 heterocycles. The standard InChI is InChI=1S/C16H22N4O/c1-14(19-7-9-21-10-8-19)11-16-17-13-18-20(16)12-15-5-3-2-4-6-15/h2-6,13-14H,7-12H2,1H3/t14-/m0/s1. The zero-order valence-corrected chi connectivity index (χ0v) is 12.5. The van der Waals surface area contributed by atoms with Gasteiger partial charge in [0.15, 0.2) is 0 Å². The average molecular weight is 286 g/mol. The maximum absolute atomic E-state index is 5.41. The van der Waals surface area contributed by atoms with Crippen molar-refractivity contribution in [1.29, 1.82) is 0 Å². The van der Waals surface area contributed by atoms with Crippen molar-refractivity contribution in [3.8, 4) is 0 Å². The summed E-state index contributed by atoms with van der Waals surface area (Å²) in [5.41, 5.74) is 1.25. The number of hydrogen-bond donors (Lipinski definition) is 0. The van der Waals surface area contributed by atoms with Crippen LogP contribution in [0.5, 0.6) is 0 Å². The minimum absolute atomic E-state index is 0.465. The first-order chi connectivity index (χ1) is 10.3. The van der Waals surface area contributed by atoms with Gasteiger partial charge in [0.2, 0.25) is 0 Å². The van der Waals surface area contributed by atoms with Crippen LogP contribution in [0, 0.1) is 0 Å². The smallest absolute Gasteiger partial charge is 0.138 e. The zero-order valence-electron chi connectivity index (χ0n) is 12.5. The van der Waals surface area contributed by atoms with E-state index in [1.165, 1.54) is 5.56 Å². The quantitative estimate of drug-likeness (QED) is 0.837. The predicted octanol–water partition coefficient (Wildman–Crippen LogP) is 1.59. The van der Waals surface area contributed by atoms with Crippen molar-refractivity contribution in [2.75, 3.05) is 26.3 Å². The molecule has 0 amide bonds. The Morgan fingerprint density at radius 3 is 2.71 bits per heavy atom. The lowest BCUT2D eigenvalue weighted by Gasteiger charge is -2.32. The topological polar surface area (TPSA) is 43.2 Å². The number of aromatic nitrogens is 3. The Morgan fingerprint density at radius 1 is 1.19 bits per heavy atom. The highest BCUT2D eigenvalue weighted by Gasteiger charge is 2.19. The van der Waals surface area contributed by atoms with E-state index in [0.29, 0.717) is 6.04 Å². The first-order valence-corrected chi connectivity index (χ1v) is 7.55. The van der Waals surface area contributed by atoms with Crippen LogP contribution in [-0.4, -0.2) is 52.0 Å². The summed E-state index contributed by atoms with van der Waals surface area (Å²) in [7, 11) is 0. The van der Waals surface area contributed by atoms with Gasteiger partial charge in [0, 0.05) is 25.6 Å². The van der Waals surface area contributed by atoms with E-state index in [0.717, 1.165) is 45.1 Å². The molecule has 0 bridgehead atoms. The molecule has 0 N–H and O–H groups in total. The number of rotatable bonds is 5. The summed E-state index contributed by atoms with van der Waals surface area (Å²) < 4.78 is 7.42. The van der Waals surface area contributed by atoms with Crippen molar-refractivity contribution in [2.24, 2.45) is 0 Å². The Labute approximate surface area is 125 Å². The summed E-state index contributed by atoms with van der Waals surface area (Å²) in [6.45, 7) is 6.73. The second-order valence-electron chi connectivity index (χ2n) is 5.52. The molecule has 1 aliphatic rings. The zero-order chi connectivity index (χ0) is 14.5. The lowest BCUT2D eigenvalue weighted by molar-refractivity contribution is 0.0198. The van der Waals surface area contributed by atoms with E-state index in [1.807, 2.05) is 10.7 Å². The summed E-state index contributed by atoms with van der Waals surface area (Å²) in [6.07, 6.45) is 2.58. The molecule has 1 atom stereocenters. The van der Waals surface area contributed by atoms with Crippen LogP contribution in [0.15, 0.2) is 36.7 Å². The van der Waals surface area contributed by atoms with Gasteiger partial charge in [-0.2, -0.15) is 5.10 Å². The van der Waals surface area contributed by atoms with E-state index in [2.05, 4.69) is 46.2 Å². The highest BCUT2D eigenvalue weighted by atomic mass is 16.5. The SMILES string of the molecule is C[C@@H](Cc1ncnn1Cc1ccccc1)N1CCOCC1. The minimum atomic E-state index is 0.465. The normalized spacial score (nSPS) is 17.8. The molecule has 2 aromatic rings. The summed E-state index contributed by atoms with van der Waals surface area (Å²) >= 11 is 0. The molecule has 0 spiro atoms. The van der Waals surface area contributed by atoms with Crippen LogP contribution in [0.4, 0.5) is 0 Å². The van der Waals surface area contributed by atoms with Crippen molar-refractivity contribution < 1.29 is 4.74 Å². The molecule has 5 nitrogen and oxygen atoms in total. The molecule has 0 unspecified atom stereocenters. The second-order valence-corrected chi connectivity index (χ2v) is 5.52. The number of hydrogen-bond acceptors (Lipinski definition) is 4. The fourth-order valence-electron chi connectivity index (χ4n) is 2.75. The third-order valence-electron chi connectivity index (χ3n) is 4.02. The maximum atomic E-state index is 5.41. The number of benzene rings is 1. The molecule has 0 saturated carbocycles. The van der Waals surface area contributed by atoms with Crippen LogP contribution in [0.25, 0.3) is 0 Å². The van der Waals surface area contributed by atoms with Crippen LogP contribution in [0.3, 0.4) is 0 Å². The monoisotopic (exact) mass is 286 g/mol. The lowest BCUT2D eigenvalue weighted by atomic mass is 10.1. The van der Waals surface area contributed by atoms with Gasteiger partial charge in [-0.1, -0.05) is 30.3 Å². The summed E-state index contributed by atoms with van der Waals surface area (Å²) in [4.78, 5) is 6.90. The highest BCUT2D eigenvalue weighted by Crippen LogP contribution is 2.10. The van der Waals surface area contributed by atoms with Crippen molar-refractivity contribution in [3.05, 3.63) is 48.0 Å². The highest BCUT2D eigenvalue weighted by molar-refractivity contribution is 5.15. The lowest BCUT2D eigenvalue weighted by Crippen LogP contribution is -2.43. The van der Waals surface area contributed by atoms with E-state index < -0.39 is 0 Å². The molecule has 0 aliphatic carbocycles. The summed E-state index contributed by atoms with van der Waals surface area (Å²) in [5, 5.41) is 4.37. The Hall–Kier alpha value is -1.72. The van der Waals surface area contributed by atoms with Gasteiger partial charge in [0.1, 0.15) is 12.2 Å². The van der Waals surface area contributed by atoms with Gasteiger partial charge < -0.3 is 4.74 Å². The van der Waals surface area contributed by atoms with Gasteiger partial charge in [-0.3, -0.25) is 4.90 Å². The van der Waals surface area contributed by atoms with Crippen LogP contribution in [-0.2, 0) is 17.7 Å². The van der Waals surface area contributed by atoms with Crippen molar-refractivity contribution in [3.63, 3.8) is 0 Å². The molecule has 0 radical (unpaired) electrons. The summed E-state index contributed by atoms with van der Waals surface area (Å²) in [6, 6.07) is 10.9. The fraction of sp³-hybridized carbons (Fsp3) is 0.500. The Morgan fingerprint density at radius 2 is 1.95 bits per heavy atom. The van der Waals surface area contributed by atoms with Crippen LogP contribution in [0.2, 0.25) is 0 Å². The van der Waals surface area contributed by atoms with Gasteiger partial charge in [0.25, 0.3) is 0 Å². The third kappa shape index (κ3) is 3.68. The number of morpholine rings is 1. The van der Waals surface area contributed by atoms with Gasteiger partial charge in [-0.05, 0) is 12.5 Å². The molecule has 1 aromatic carbocycles. The van der Waals surface area contributed by atoms with E-state index >= 15 is 0 Å². The molecular formula is C16H22N4O. The number of nitrogens with zero attached hydrogens (tertiary/aromatic N) is 4. The van der Waals surface area contributed by atoms with Crippen LogP contribution < -0.4 is 0 Å². The Bertz CT molecular complexity index is 548. The third-order valence-corrected chi connectivity index (χ3v) is 4.02. The molecule has 1 aliphatic heterocycles. The van der Waals surface area contributed by atoms with E-state index in [9.17, 15) is 0 Å². The molecule has 1 fully saturated rings. The molecule has 21 heavy (non-hydrogen) atoms. The molecular weight excluding hydrogens is 264 g/mol. The van der Waals surface area contributed by atoms with E-state index in [1.54, 1.807) is 6.33 Å². The first kappa shape index (κ1) is 14.2. The van der Waals surface area contributed by atoms with Crippen molar-refractivity contribution >= 4 is 0 Å². The predicted molar refractivity (Wildman–Crippen MR) is 81.1 cm³/mol. The van der Waals surface area contributed by atoms with Crippen molar-refractivity contribution in [2.45, 2.75) is 25.9 Å². The largest absolute Gasteiger partial charge is 0.379 e. The minimum Gasteiger partial charge on any atom is -0.379 e. The molecule has 3 rings (SSSR count). The fourth-order valence-corrected chi connectivity index (χ4v) is 2.75. The van der Waals surface area contributed by atoms with Gasteiger partial charge in [-0.15, -0.1) is 0 Å². The maximum Gasteiger partial charge on any atom is 0.138 e. The molecule has 112 valence electrons. The molecule has 1 saturated heterocycles. The second kappa shape index (κ2) is 6.83. The van der Waals surface area contributed by atoms with Crippen LogP contribution in [0.1, 0.15) is 18.3 Å². The molecule has 5 heteroatoms. The van der Waals surface area contributed by atoms with E-state index in [4.69, 9.17) is 4.74 Å². The van der Waals surface area contributed by atoms with Gasteiger partial charge >= 0.3 is 0 Å². The van der Waals surface area contributed by atoms with E-state index in [-0.39, 0.29) is 0 Å². The Balaban J connectivity index is 1.64. The number of ether oxygens (including phenoxy) is 1. The summed E-state index contributed by atoms with van der Waals surface area (Å²) in [5.74, 6) is 1.05. The Kier molecular flexibility index (Phi) is 4.62. The van der Waals surface area contributed by atoms with Crippen molar-refractivity contribution in [1.82, 2.24) is 19.7 Å². The van der Waals surface area contributed by atoms with Gasteiger partial charge in [-0.25, -0.2) is 9.67 Å².